The average molecular weight is 350 g/mol. The van der Waals surface area contributed by atoms with Gasteiger partial charge in [0.1, 0.15) is 0 Å². The van der Waals surface area contributed by atoms with Crippen molar-refractivity contribution in [3.63, 3.8) is 0 Å². The van der Waals surface area contributed by atoms with Crippen LogP contribution in [0.1, 0.15) is 26.3 Å². The van der Waals surface area contributed by atoms with Crippen LogP contribution in [0.15, 0.2) is 29.2 Å². The van der Waals surface area contributed by atoms with E-state index in [0.29, 0.717) is 5.56 Å². The van der Waals surface area contributed by atoms with Crippen LogP contribution in [-0.4, -0.2) is 33.5 Å². The molecule has 0 aromatic heterocycles. The van der Waals surface area contributed by atoms with Gasteiger partial charge in [-0.2, -0.15) is 0 Å². The summed E-state index contributed by atoms with van der Waals surface area (Å²) in [5, 5.41) is 5.42. The largest absolute Gasteiger partial charge is 0.351 e. The van der Waals surface area contributed by atoms with Crippen molar-refractivity contribution in [2.75, 3.05) is 13.6 Å². The first kappa shape index (κ1) is 20.9. The second kappa shape index (κ2) is 8.47. The average Bonchev–Trinajstić information content (AvgIpc) is 2.34. The summed E-state index contributed by atoms with van der Waals surface area (Å²) in [6, 6.07) is 6.64. The number of hydrogen-bond donors (Lipinski definition) is 3. The summed E-state index contributed by atoms with van der Waals surface area (Å²) in [4.78, 5) is 11.7. The highest BCUT2D eigenvalue weighted by molar-refractivity contribution is 7.89. The lowest BCUT2D eigenvalue weighted by atomic mass is 10.1. The lowest BCUT2D eigenvalue weighted by Gasteiger charge is -2.21. The van der Waals surface area contributed by atoms with Gasteiger partial charge in [0.2, 0.25) is 15.9 Å². The number of hydrogen-bond acceptors (Lipinski definition) is 4. The third kappa shape index (κ3) is 6.74. The molecule has 0 radical (unpaired) electrons. The van der Waals surface area contributed by atoms with Gasteiger partial charge in [-0.1, -0.05) is 18.2 Å². The van der Waals surface area contributed by atoms with Crippen molar-refractivity contribution < 1.29 is 13.2 Å². The maximum atomic E-state index is 12.4. The second-order valence-electron chi connectivity index (χ2n) is 5.77. The Kier molecular flexibility index (Phi) is 8.03. The van der Waals surface area contributed by atoms with Gasteiger partial charge in [-0.15, -0.1) is 12.4 Å². The number of amides is 1. The van der Waals surface area contributed by atoms with Gasteiger partial charge in [0.25, 0.3) is 0 Å². The number of rotatable bonds is 6. The van der Waals surface area contributed by atoms with Crippen molar-refractivity contribution in [3.8, 4) is 0 Å². The molecule has 0 aliphatic carbocycles. The van der Waals surface area contributed by atoms with Gasteiger partial charge in [0.05, 0.1) is 11.4 Å². The molecule has 0 aliphatic heterocycles. The quantitative estimate of drug-likeness (QED) is 0.715. The third-order valence-electron chi connectivity index (χ3n) is 2.52. The van der Waals surface area contributed by atoms with E-state index in [9.17, 15) is 13.2 Å². The van der Waals surface area contributed by atoms with Gasteiger partial charge in [-0.25, -0.2) is 13.1 Å². The van der Waals surface area contributed by atoms with Crippen molar-refractivity contribution in [2.45, 2.75) is 37.8 Å². The zero-order valence-corrected chi connectivity index (χ0v) is 14.9. The first-order chi connectivity index (χ1) is 9.65. The van der Waals surface area contributed by atoms with Gasteiger partial charge >= 0.3 is 0 Å². The smallest absolute Gasteiger partial charge is 0.241 e. The Hall–Kier alpha value is -1.15. The molecule has 0 spiro atoms. The number of carbonyl (C=O) groups excluding carboxylic acids is 1. The Morgan fingerprint density at radius 1 is 1.18 bits per heavy atom. The summed E-state index contributed by atoms with van der Waals surface area (Å²) in [5.41, 5.74) is -0.0138. The Balaban J connectivity index is 0.00000441. The van der Waals surface area contributed by atoms with Gasteiger partial charge in [0.15, 0.2) is 0 Å². The molecule has 126 valence electrons. The van der Waals surface area contributed by atoms with E-state index in [1.54, 1.807) is 46.0 Å². The predicted octanol–water partition coefficient (Wildman–Crippen LogP) is 1.02. The second-order valence-corrected chi connectivity index (χ2v) is 7.42. The number of likely N-dealkylation sites (N-methyl/N-ethyl adjacent to an activating group) is 1. The highest BCUT2D eigenvalue weighted by Crippen LogP contribution is 2.17. The molecular weight excluding hydrogens is 326 g/mol. The van der Waals surface area contributed by atoms with Crippen LogP contribution in [0, 0.1) is 0 Å². The van der Waals surface area contributed by atoms with Crippen LogP contribution in [0.3, 0.4) is 0 Å². The summed E-state index contributed by atoms with van der Waals surface area (Å²) in [6.07, 6.45) is 0. The van der Waals surface area contributed by atoms with Crippen molar-refractivity contribution in [1.82, 2.24) is 15.4 Å². The fourth-order valence-corrected chi connectivity index (χ4v) is 3.45. The first-order valence-electron chi connectivity index (χ1n) is 6.69. The number of benzene rings is 1. The Morgan fingerprint density at radius 3 is 2.32 bits per heavy atom. The molecule has 8 heteroatoms. The molecule has 22 heavy (non-hydrogen) atoms. The molecular formula is C14H24ClN3O3S. The Morgan fingerprint density at radius 2 is 1.77 bits per heavy atom. The standard InChI is InChI=1S/C14H23N3O3S.ClH/c1-14(2,3)17-21(19,20)12-8-6-5-7-11(12)9-16-13(18)10-15-4;/h5-8,15,17H,9-10H2,1-4H3,(H,16,18);1H. The van der Waals surface area contributed by atoms with Crippen LogP contribution in [0.4, 0.5) is 0 Å². The van der Waals surface area contributed by atoms with E-state index in [2.05, 4.69) is 15.4 Å². The predicted molar refractivity (Wildman–Crippen MR) is 89.5 cm³/mol. The number of halogens is 1. The molecule has 0 fully saturated rings. The Bertz CT molecular complexity index is 598. The van der Waals surface area contributed by atoms with E-state index in [1.807, 2.05) is 0 Å². The van der Waals surface area contributed by atoms with Gasteiger partial charge in [0, 0.05) is 12.1 Å². The topological polar surface area (TPSA) is 87.3 Å². The molecule has 3 N–H and O–H groups in total. The van der Waals surface area contributed by atoms with E-state index in [-0.39, 0.29) is 36.3 Å². The summed E-state index contributed by atoms with van der Waals surface area (Å²) < 4.78 is 27.4. The van der Waals surface area contributed by atoms with Crippen molar-refractivity contribution in [2.24, 2.45) is 0 Å². The van der Waals surface area contributed by atoms with Crippen LogP contribution < -0.4 is 15.4 Å². The zero-order chi connectivity index (χ0) is 16.1. The molecule has 6 nitrogen and oxygen atoms in total. The molecule has 0 unspecified atom stereocenters. The van der Waals surface area contributed by atoms with E-state index in [0.717, 1.165) is 0 Å². The van der Waals surface area contributed by atoms with Crippen LogP contribution in [0.25, 0.3) is 0 Å². The number of nitrogens with one attached hydrogen (secondary N) is 3. The van der Waals surface area contributed by atoms with Gasteiger partial charge in [-0.3, -0.25) is 4.79 Å². The van der Waals surface area contributed by atoms with Crippen LogP contribution in [-0.2, 0) is 21.4 Å². The van der Waals surface area contributed by atoms with Crippen LogP contribution in [0.5, 0.6) is 0 Å². The molecule has 0 aliphatic rings. The minimum absolute atomic E-state index is 0. The fourth-order valence-electron chi connectivity index (χ4n) is 1.79. The molecule has 0 saturated heterocycles. The monoisotopic (exact) mass is 349 g/mol. The van der Waals surface area contributed by atoms with Crippen LogP contribution >= 0.6 is 12.4 Å². The van der Waals surface area contributed by atoms with Crippen molar-refractivity contribution >= 4 is 28.3 Å². The molecule has 1 amide bonds. The van der Waals surface area contributed by atoms with Crippen LogP contribution in [0.2, 0.25) is 0 Å². The first-order valence-corrected chi connectivity index (χ1v) is 8.17. The third-order valence-corrected chi connectivity index (χ3v) is 4.37. The normalized spacial score (nSPS) is 11.6. The van der Waals surface area contributed by atoms with E-state index in [1.165, 1.54) is 6.07 Å². The molecule has 0 bridgehead atoms. The SMILES string of the molecule is CNCC(=O)NCc1ccccc1S(=O)(=O)NC(C)(C)C.Cl. The minimum atomic E-state index is -3.63. The van der Waals surface area contributed by atoms with E-state index in [4.69, 9.17) is 0 Å². The maximum Gasteiger partial charge on any atom is 0.241 e. The van der Waals surface area contributed by atoms with Gasteiger partial charge in [-0.05, 0) is 39.4 Å². The molecule has 1 aromatic carbocycles. The fraction of sp³-hybridized carbons (Fsp3) is 0.500. The number of sulfonamides is 1. The molecule has 1 rings (SSSR count). The van der Waals surface area contributed by atoms with E-state index < -0.39 is 15.6 Å². The lowest BCUT2D eigenvalue weighted by molar-refractivity contribution is -0.120. The minimum Gasteiger partial charge on any atom is -0.351 e. The highest BCUT2D eigenvalue weighted by Gasteiger charge is 2.24. The lowest BCUT2D eigenvalue weighted by Crippen LogP contribution is -2.41. The summed E-state index contributed by atoms with van der Waals surface area (Å²) in [6.45, 7) is 5.70. The summed E-state index contributed by atoms with van der Waals surface area (Å²) >= 11 is 0. The Labute approximate surface area is 138 Å². The van der Waals surface area contributed by atoms with Gasteiger partial charge < -0.3 is 10.6 Å². The van der Waals surface area contributed by atoms with Crippen molar-refractivity contribution in [1.29, 1.82) is 0 Å². The summed E-state index contributed by atoms with van der Waals surface area (Å²) in [5.74, 6) is -0.187. The summed E-state index contributed by atoms with van der Waals surface area (Å²) in [7, 11) is -1.95. The molecule has 0 atom stereocenters. The highest BCUT2D eigenvalue weighted by atomic mass is 35.5. The molecule has 0 heterocycles. The maximum absolute atomic E-state index is 12.4. The number of carbonyl (C=O) groups is 1. The van der Waals surface area contributed by atoms with E-state index >= 15 is 0 Å². The zero-order valence-electron chi connectivity index (χ0n) is 13.3. The molecule has 1 aromatic rings. The van der Waals surface area contributed by atoms with Crippen molar-refractivity contribution in [3.05, 3.63) is 29.8 Å². The molecule has 0 saturated carbocycles.